The highest BCUT2D eigenvalue weighted by atomic mass is 16.4. The second-order valence-electron chi connectivity index (χ2n) is 6.39. The van der Waals surface area contributed by atoms with E-state index in [4.69, 9.17) is 0 Å². The molecule has 0 aliphatic carbocycles. The van der Waals surface area contributed by atoms with Crippen LogP contribution in [0.25, 0.3) is 0 Å². The minimum Gasteiger partial charge on any atom is -0.481 e. The van der Waals surface area contributed by atoms with E-state index in [1.54, 1.807) is 31.2 Å². The molecule has 2 aromatic carbocycles. The number of nitrogens with one attached hydrogen (secondary N) is 1. The smallest absolute Gasteiger partial charge is 0.314 e. The van der Waals surface area contributed by atoms with E-state index in [0.29, 0.717) is 5.56 Å². The molecular weight excluding hydrogens is 314 g/mol. The van der Waals surface area contributed by atoms with Gasteiger partial charge in [-0.3, -0.25) is 9.59 Å². The van der Waals surface area contributed by atoms with Gasteiger partial charge in [0.2, 0.25) is 5.91 Å². The summed E-state index contributed by atoms with van der Waals surface area (Å²) in [7, 11) is 0. The third-order valence-corrected chi connectivity index (χ3v) is 4.66. The lowest BCUT2D eigenvalue weighted by Gasteiger charge is -2.25. The number of carboxylic acids is 1. The molecule has 25 heavy (non-hydrogen) atoms. The topological polar surface area (TPSA) is 66.4 Å². The SMILES string of the molecule is CCc1cccc(CC)c1NC(=O)CC(C)(C(=O)O)c1ccccc1. The Kier molecular flexibility index (Phi) is 5.97. The van der Waals surface area contributed by atoms with Gasteiger partial charge in [0.15, 0.2) is 0 Å². The molecule has 2 N–H and O–H groups in total. The molecule has 0 spiro atoms. The lowest BCUT2D eigenvalue weighted by Crippen LogP contribution is -2.36. The maximum atomic E-state index is 12.7. The summed E-state index contributed by atoms with van der Waals surface area (Å²) in [5.41, 5.74) is 2.29. The number of aliphatic carboxylic acids is 1. The van der Waals surface area contributed by atoms with Crippen LogP contribution in [0.4, 0.5) is 5.69 Å². The maximum absolute atomic E-state index is 12.7. The summed E-state index contributed by atoms with van der Waals surface area (Å²) in [6.07, 6.45) is 1.49. The van der Waals surface area contributed by atoms with Gasteiger partial charge in [0.1, 0.15) is 0 Å². The molecule has 0 heterocycles. The van der Waals surface area contributed by atoms with Crippen LogP contribution in [0.1, 0.15) is 43.9 Å². The van der Waals surface area contributed by atoms with Crippen LogP contribution in [0, 0.1) is 0 Å². The van der Waals surface area contributed by atoms with Crippen molar-refractivity contribution in [2.75, 3.05) is 5.32 Å². The zero-order valence-corrected chi connectivity index (χ0v) is 15.0. The first-order valence-electron chi connectivity index (χ1n) is 8.61. The minimum absolute atomic E-state index is 0.118. The van der Waals surface area contributed by atoms with Crippen LogP contribution in [0.3, 0.4) is 0 Å². The second-order valence-corrected chi connectivity index (χ2v) is 6.39. The zero-order valence-electron chi connectivity index (χ0n) is 15.0. The highest BCUT2D eigenvalue weighted by molar-refractivity contribution is 5.97. The monoisotopic (exact) mass is 339 g/mol. The van der Waals surface area contributed by atoms with Crippen LogP contribution in [0.5, 0.6) is 0 Å². The van der Waals surface area contributed by atoms with Crippen LogP contribution < -0.4 is 5.32 Å². The Labute approximate surface area is 148 Å². The number of carbonyl (C=O) groups is 2. The number of amides is 1. The Morgan fingerprint density at radius 3 is 2.00 bits per heavy atom. The molecule has 0 bridgehead atoms. The van der Waals surface area contributed by atoms with E-state index in [1.807, 2.05) is 38.1 Å². The molecule has 0 aromatic heterocycles. The van der Waals surface area contributed by atoms with Gasteiger partial charge < -0.3 is 10.4 Å². The molecule has 132 valence electrons. The van der Waals surface area contributed by atoms with E-state index in [-0.39, 0.29) is 12.3 Å². The predicted molar refractivity (Wildman–Crippen MR) is 99.9 cm³/mol. The summed E-state index contributed by atoms with van der Waals surface area (Å²) in [6, 6.07) is 14.9. The van der Waals surface area contributed by atoms with Gasteiger partial charge >= 0.3 is 5.97 Å². The third kappa shape index (κ3) is 4.08. The van der Waals surface area contributed by atoms with Crippen molar-refractivity contribution in [3.05, 3.63) is 65.2 Å². The fourth-order valence-corrected chi connectivity index (χ4v) is 3.02. The van der Waals surface area contributed by atoms with E-state index >= 15 is 0 Å². The molecule has 0 saturated heterocycles. The molecular formula is C21H25NO3. The zero-order chi connectivity index (χ0) is 18.4. The number of anilines is 1. The second kappa shape index (κ2) is 7.97. The molecule has 0 saturated carbocycles. The van der Waals surface area contributed by atoms with Crippen molar-refractivity contribution in [2.45, 2.75) is 45.4 Å². The fraction of sp³-hybridized carbons (Fsp3) is 0.333. The van der Waals surface area contributed by atoms with Gasteiger partial charge in [-0.25, -0.2) is 0 Å². The van der Waals surface area contributed by atoms with Crippen LogP contribution in [0.15, 0.2) is 48.5 Å². The highest BCUT2D eigenvalue weighted by Crippen LogP contribution is 2.30. The first-order valence-corrected chi connectivity index (χ1v) is 8.61. The summed E-state index contributed by atoms with van der Waals surface area (Å²) in [4.78, 5) is 24.5. The van der Waals surface area contributed by atoms with E-state index in [1.165, 1.54) is 0 Å². The predicted octanol–water partition coefficient (Wildman–Crippen LogP) is 4.18. The molecule has 4 heteroatoms. The van der Waals surface area contributed by atoms with Crippen molar-refractivity contribution in [1.29, 1.82) is 0 Å². The van der Waals surface area contributed by atoms with Gasteiger partial charge in [-0.2, -0.15) is 0 Å². The summed E-state index contributed by atoms with van der Waals surface area (Å²) < 4.78 is 0. The summed E-state index contributed by atoms with van der Waals surface area (Å²) in [5, 5.41) is 12.7. The van der Waals surface area contributed by atoms with Gasteiger partial charge in [-0.05, 0) is 36.5 Å². The van der Waals surface area contributed by atoms with Gasteiger partial charge in [0.25, 0.3) is 0 Å². The van der Waals surface area contributed by atoms with Gasteiger partial charge in [-0.15, -0.1) is 0 Å². The van der Waals surface area contributed by atoms with Crippen LogP contribution in [-0.2, 0) is 27.8 Å². The van der Waals surface area contributed by atoms with Crippen molar-refractivity contribution in [3.8, 4) is 0 Å². The van der Waals surface area contributed by atoms with Gasteiger partial charge in [-0.1, -0.05) is 62.4 Å². The van der Waals surface area contributed by atoms with Gasteiger partial charge in [0.05, 0.1) is 5.41 Å². The van der Waals surface area contributed by atoms with Crippen LogP contribution >= 0.6 is 0 Å². The van der Waals surface area contributed by atoms with Crippen molar-refractivity contribution in [2.24, 2.45) is 0 Å². The average molecular weight is 339 g/mol. The van der Waals surface area contributed by atoms with Gasteiger partial charge in [0, 0.05) is 12.1 Å². The molecule has 0 radical (unpaired) electrons. The van der Waals surface area contributed by atoms with Crippen molar-refractivity contribution >= 4 is 17.6 Å². The number of benzene rings is 2. The lowest BCUT2D eigenvalue weighted by atomic mass is 9.79. The number of carbonyl (C=O) groups excluding carboxylic acids is 1. The Hall–Kier alpha value is -2.62. The molecule has 1 atom stereocenters. The summed E-state index contributed by atoms with van der Waals surface area (Å²) in [6.45, 7) is 5.67. The molecule has 1 amide bonds. The molecule has 0 aliphatic heterocycles. The molecule has 2 aromatic rings. The van der Waals surface area contributed by atoms with Crippen LogP contribution in [-0.4, -0.2) is 17.0 Å². The number of rotatable bonds is 7. The molecule has 0 aliphatic rings. The first kappa shape index (κ1) is 18.7. The molecule has 2 rings (SSSR count). The normalized spacial score (nSPS) is 13.1. The number of carboxylic acid groups (broad SMARTS) is 1. The van der Waals surface area contributed by atoms with E-state index in [9.17, 15) is 14.7 Å². The maximum Gasteiger partial charge on any atom is 0.314 e. The van der Waals surface area contributed by atoms with Crippen molar-refractivity contribution in [1.82, 2.24) is 0 Å². The summed E-state index contributed by atoms with van der Waals surface area (Å²) >= 11 is 0. The highest BCUT2D eigenvalue weighted by Gasteiger charge is 2.37. The van der Waals surface area contributed by atoms with Crippen molar-refractivity contribution in [3.63, 3.8) is 0 Å². The standard InChI is InChI=1S/C21H25NO3/c1-4-15-10-9-11-16(5-2)19(15)22-18(23)14-21(3,20(24)25)17-12-7-6-8-13-17/h6-13H,4-5,14H2,1-3H3,(H,22,23)(H,24,25). The summed E-state index contributed by atoms with van der Waals surface area (Å²) in [5.74, 6) is -1.29. The Morgan fingerprint density at radius 2 is 1.52 bits per heavy atom. The number of hydrogen-bond acceptors (Lipinski definition) is 2. The quantitative estimate of drug-likeness (QED) is 0.795. The van der Waals surface area contributed by atoms with E-state index in [2.05, 4.69) is 5.32 Å². The number of para-hydroxylation sites is 1. The Bertz CT molecular complexity index is 733. The lowest BCUT2D eigenvalue weighted by molar-refractivity contribution is -0.145. The number of aryl methyl sites for hydroxylation is 2. The van der Waals surface area contributed by atoms with E-state index < -0.39 is 11.4 Å². The van der Waals surface area contributed by atoms with Crippen LogP contribution in [0.2, 0.25) is 0 Å². The van der Waals surface area contributed by atoms with Crippen molar-refractivity contribution < 1.29 is 14.7 Å². The molecule has 1 unspecified atom stereocenters. The molecule has 0 fully saturated rings. The fourth-order valence-electron chi connectivity index (χ4n) is 3.02. The minimum atomic E-state index is -1.27. The third-order valence-electron chi connectivity index (χ3n) is 4.66. The molecule has 4 nitrogen and oxygen atoms in total. The first-order chi connectivity index (χ1) is 11.9. The Morgan fingerprint density at radius 1 is 0.960 bits per heavy atom. The Balaban J connectivity index is 2.28. The average Bonchev–Trinajstić information content (AvgIpc) is 2.62. The van der Waals surface area contributed by atoms with E-state index in [0.717, 1.165) is 29.7 Å². The largest absolute Gasteiger partial charge is 0.481 e. The number of hydrogen-bond donors (Lipinski definition) is 2.